The molecule has 0 fully saturated rings. The summed E-state index contributed by atoms with van der Waals surface area (Å²) in [6, 6.07) is 24.9. The molecule has 0 aliphatic rings. The second-order valence-corrected chi connectivity index (χ2v) is 7.49. The molecule has 1 N–H and O–H groups in total. The van der Waals surface area contributed by atoms with E-state index in [2.05, 4.69) is 31.3 Å². The van der Waals surface area contributed by atoms with E-state index in [-0.39, 0.29) is 23.7 Å². The van der Waals surface area contributed by atoms with Crippen molar-refractivity contribution in [3.8, 4) is 5.75 Å². The van der Waals surface area contributed by atoms with Crippen molar-refractivity contribution in [1.29, 1.82) is 0 Å². The molecule has 0 aliphatic carbocycles. The zero-order valence-corrected chi connectivity index (χ0v) is 16.9. The molecule has 0 heterocycles. The molecule has 0 aromatic heterocycles. The Bertz CT molecular complexity index is 975. The highest BCUT2D eigenvalue weighted by molar-refractivity contribution is 5.95. The van der Waals surface area contributed by atoms with Crippen molar-refractivity contribution in [2.75, 3.05) is 11.9 Å². The predicted octanol–water partition coefficient (Wildman–Crippen LogP) is 5.23. The Morgan fingerprint density at radius 1 is 0.828 bits per heavy atom. The number of hydrogen-bond donors (Lipinski definition) is 1. The van der Waals surface area contributed by atoms with Gasteiger partial charge in [-0.1, -0.05) is 56.3 Å². The summed E-state index contributed by atoms with van der Waals surface area (Å²) in [5.41, 5.74) is 3.53. The summed E-state index contributed by atoms with van der Waals surface area (Å²) in [6.45, 7) is 5.79. The summed E-state index contributed by atoms with van der Waals surface area (Å²) in [4.78, 5) is 23.4. The molecule has 0 aliphatic heterocycles. The molecule has 0 unspecified atom stereocenters. The molecule has 4 nitrogen and oxygen atoms in total. The van der Waals surface area contributed by atoms with E-state index in [1.807, 2.05) is 42.5 Å². The Labute approximate surface area is 171 Å². The SMILES string of the molecule is CC(=O)c1ccc(NC(=O)COc2ccc(C(C)(C)c3ccccc3)cc2)cc1. The second kappa shape index (κ2) is 8.74. The van der Waals surface area contributed by atoms with Crippen LogP contribution in [-0.2, 0) is 10.2 Å². The predicted molar refractivity (Wildman–Crippen MR) is 116 cm³/mol. The van der Waals surface area contributed by atoms with Gasteiger partial charge in [0.1, 0.15) is 5.75 Å². The van der Waals surface area contributed by atoms with Crippen molar-refractivity contribution in [3.05, 3.63) is 95.6 Å². The van der Waals surface area contributed by atoms with E-state index in [0.29, 0.717) is 17.0 Å². The summed E-state index contributed by atoms with van der Waals surface area (Å²) in [6.07, 6.45) is 0. The quantitative estimate of drug-likeness (QED) is 0.565. The van der Waals surface area contributed by atoms with Crippen LogP contribution in [0.25, 0.3) is 0 Å². The molecule has 0 saturated heterocycles. The van der Waals surface area contributed by atoms with Crippen molar-refractivity contribution in [3.63, 3.8) is 0 Å². The van der Waals surface area contributed by atoms with Crippen LogP contribution < -0.4 is 10.1 Å². The van der Waals surface area contributed by atoms with Gasteiger partial charge in [-0.3, -0.25) is 9.59 Å². The lowest BCUT2D eigenvalue weighted by atomic mass is 9.78. The number of carbonyl (C=O) groups is 2. The van der Waals surface area contributed by atoms with Crippen LogP contribution in [0.1, 0.15) is 42.3 Å². The van der Waals surface area contributed by atoms with Crippen LogP contribution in [0.5, 0.6) is 5.75 Å². The molecule has 0 atom stereocenters. The Morgan fingerprint density at radius 2 is 1.41 bits per heavy atom. The van der Waals surface area contributed by atoms with Crippen molar-refractivity contribution in [2.24, 2.45) is 0 Å². The lowest BCUT2D eigenvalue weighted by molar-refractivity contribution is -0.118. The van der Waals surface area contributed by atoms with Gasteiger partial charge in [0.2, 0.25) is 0 Å². The minimum Gasteiger partial charge on any atom is -0.484 e. The van der Waals surface area contributed by atoms with Gasteiger partial charge < -0.3 is 10.1 Å². The van der Waals surface area contributed by atoms with Gasteiger partial charge in [0.15, 0.2) is 12.4 Å². The largest absolute Gasteiger partial charge is 0.484 e. The molecular weight excluding hydrogens is 362 g/mol. The summed E-state index contributed by atoms with van der Waals surface area (Å²) in [7, 11) is 0. The Hall–Kier alpha value is -3.40. The number of anilines is 1. The normalized spacial score (nSPS) is 11.0. The van der Waals surface area contributed by atoms with Crippen molar-refractivity contribution in [2.45, 2.75) is 26.2 Å². The fraction of sp³-hybridized carbons (Fsp3) is 0.200. The minimum atomic E-state index is -0.255. The first-order chi connectivity index (χ1) is 13.9. The van der Waals surface area contributed by atoms with E-state index in [4.69, 9.17) is 4.74 Å². The third kappa shape index (κ3) is 5.11. The monoisotopic (exact) mass is 387 g/mol. The molecule has 4 heteroatoms. The van der Waals surface area contributed by atoms with E-state index < -0.39 is 0 Å². The number of nitrogens with one attached hydrogen (secondary N) is 1. The number of carbonyl (C=O) groups excluding carboxylic acids is 2. The average Bonchev–Trinajstić information content (AvgIpc) is 2.73. The topological polar surface area (TPSA) is 55.4 Å². The maximum atomic E-state index is 12.1. The number of benzene rings is 3. The highest BCUT2D eigenvalue weighted by Crippen LogP contribution is 2.32. The Kier molecular flexibility index (Phi) is 6.13. The third-order valence-electron chi connectivity index (χ3n) is 5.02. The lowest BCUT2D eigenvalue weighted by Gasteiger charge is -2.26. The second-order valence-electron chi connectivity index (χ2n) is 7.49. The average molecular weight is 387 g/mol. The number of ether oxygens (including phenoxy) is 1. The summed E-state index contributed by atoms with van der Waals surface area (Å²) < 4.78 is 5.61. The van der Waals surface area contributed by atoms with Crippen LogP contribution in [0.2, 0.25) is 0 Å². The van der Waals surface area contributed by atoms with Crippen LogP contribution in [0, 0.1) is 0 Å². The van der Waals surface area contributed by atoms with Gasteiger partial charge in [-0.2, -0.15) is 0 Å². The molecule has 0 spiro atoms. The smallest absolute Gasteiger partial charge is 0.262 e. The van der Waals surface area contributed by atoms with Crippen molar-refractivity contribution in [1.82, 2.24) is 0 Å². The summed E-state index contributed by atoms with van der Waals surface area (Å²) >= 11 is 0. The molecule has 0 bridgehead atoms. The van der Waals surface area contributed by atoms with E-state index in [9.17, 15) is 9.59 Å². The maximum absolute atomic E-state index is 12.1. The zero-order chi connectivity index (χ0) is 20.9. The van der Waals surface area contributed by atoms with Gasteiger partial charge in [0.05, 0.1) is 0 Å². The fourth-order valence-electron chi connectivity index (χ4n) is 3.12. The first kappa shape index (κ1) is 20.3. The number of Topliss-reactive ketones (excluding diaryl/α,β-unsaturated/α-hetero) is 1. The molecule has 29 heavy (non-hydrogen) atoms. The van der Waals surface area contributed by atoms with E-state index in [1.165, 1.54) is 18.1 Å². The highest BCUT2D eigenvalue weighted by Gasteiger charge is 2.22. The Balaban J connectivity index is 1.57. The third-order valence-corrected chi connectivity index (χ3v) is 5.02. The van der Waals surface area contributed by atoms with Crippen molar-refractivity contribution < 1.29 is 14.3 Å². The summed E-state index contributed by atoms with van der Waals surface area (Å²) in [5, 5.41) is 2.76. The fourth-order valence-corrected chi connectivity index (χ4v) is 3.12. The molecule has 0 radical (unpaired) electrons. The standard InChI is InChI=1S/C25H25NO3/c1-18(27)19-9-13-22(14-10-19)26-24(28)17-29-23-15-11-21(12-16-23)25(2,3)20-7-5-4-6-8-20/h4-16H,17H2,1-3H3,(H,26,28). The first-order valence-electron chi connectivity index (χ1n) is 9.56. The molecule has 0 saturated carbocycles. The minimum absolute atomic E-state index is 0.00917. The molecule has 3 aromatic carbocycles. The molecular formula is C25H25NO3. The van der Waals surface area contributed by atoms with Gasteiger partial charge in [0.25, 0.3) is 5.91 Å². The maximum Gasteiger partial charge on any atom is 0.262 e. The first-order valence-corrected chi connectivity index (χ1v) is 9.56. The van der Waals surface area contributed by atoms with Gasteiger partial charge >= 0.3 is 0 Å². The van der Waals surface area contributed by atoms with Crippen LogP contribution in [-0.4, -0.2) is 18.3 Å². The van der Waals surface area contributed by atoms with Crippen LogP contribution >= 0.6 is 0 Å². The highest BCUT2D eigenvalue weighted by atomic mass is 16.5. The van der Waals surface area contributed by atoms with Gasteiger partial charge in [-0.25, -0.2) is 0 Å². The number of rotatable bonds is 7. The molecule has 3 rings (SSSR count). The van der Waals surface area contributed by atoms with E-state index in [0.717, 1.165) is 0 Å². The van der Waals surface area contributed by atoms with Crippen molar-refractivity contribution >= 4 is 17.4 Å². The summed E-state index contributed by atoms with van der Waals surface area (Å²) in [5.74, 6) is 0.374. The number of ketones is 1. The Morgan fingerprint density at radius 3 is 2.00 bits per heavy atom. The lowest BCUT2D eigenvalue weighted by Crippen LogP contribution is -2.20. The van der Waals surface area contributed by atoms with E-state index in [1.54, 1.807) is 24.3 Å². The number of hydrogen-bond acceptors (Lipinski definition) is 3. The molecule has 3 aromatic rings. The van der Waals surface area contributed by atoms with Gasteiger partial charge in [-0.15, -0.1) is 0 Å². The molecule has 1 amide bonds. The van der Waals surface area contributed by atoms with Crippen LogP contribution in [0.4, 0.5) is 5.69 Å². The van der Waals surface area contributed by atoms with Crippen LogP contribution in [0.15, 0.2) is 78.9 Å². The van der Waals surface area contributed by atoms with Crippen LogP contribution in [0.3, 0.4) is 0 Å². The van der Waals surface area contributed by atoms with Gasteiger partial charge in [0, 0.05) is 16.7 Å². The van der Waals surface area contributed by atoms with E-state index >= 15 is 0 Å². The zero-order valence-electron chi connectivity index (χ0n) is 16.9. The van der Waals surface area contributed by atoms with Gasteiger partial charge in [-0.05, 0) is 54.4 Å². The number of amides is 1. The molecule has 148 valence electrons.